The second kappa shape index (κ2) is 6.02. The Labute approximate surface area is 146 Å². The maximum atomic E-state index is 11.4. The normalized spacial score (nSPS) is 11.8. The number of fused-ring (bicyclic) bond motifs is 1. The van der Waals surface area contributed by atoms with Crippen LogP contribution in [-0.4, -0.2) is 25.4 Å². The Balaban J connectivity index is 2.17. The number of hydrogen-bond donors (Lipinski definition) is 1. The van der Waals surface area contributed by atoms with Crippen LogP contribution in [0.25, 0.3) is 16.5 Å². The van der Waals surface area contributed by atoms with Gasteiger partial charge in [-0.05, 0) is 41.2 Å². The van der Waals surface area contributed by atoms with Crippen LogP contribution in [-0.2, 0) is 4.79 Å². The Kier molecular flexibility index (Phi) is 4.21. The Bertz CT molecular complexity index is 884. The van der Waals surface area contributed by atoms with Crippen molar-refractivity contribution in [3.8, 4) is 5.69 Å². The highest BCUT2D eigenvalue weighted by Gasteiger charge is 2.31. The highest BCUT2D eigenvalue weighted by Crippen LogP contribution is 2.36. The van der Waals surface area contributed by atoms with E-state index in [-0.39, 0.29) is 0 Å². The molecule has 3 rings (SSSR count). The van der Waals surface area contributed by atoms with Crippen LogP contribution in [0.4, 0.5) is 0 Å². The lowest BCUT2D eigenvalue weighted by Gasteiger charge is -2.19. The molecule has 6 heteroatoms. The third-order valence-corrected chi connectivity index (χ3v) is 5.27. The van der Waals surface area contributed by atoms with Gasteiger partial charge in [-0.2, -0.15) is 0 Å². The van der Waals surface area contributed by atoms with E-state index in [1.165, 1.54) is 11.8 Å². The van der Waals surface area contributed by atoms with E-state index in [9.17, 15) is 9.90 Å². The molecular weight excluding hydrogens is 376 g/mol. The number of carbonyl (C=O) groups is 1. The number of aliphatic carboxylic acids is 1. The first-order chi connectivity index (χ1) is 10.9. The third-order valence-electron chi connectivity index (χ3n) is 3.56. The molecule has 0 saturated heterocycles. The Morgan fingerprint density at radius 3 is 2.65 bits per heavy atom. The first-order valence-corrected chi connectivity index (χ1v) is 8.65. The number of hydrogen-bond acceptors (Lipinski definition) is 3. The van der Waals surface area contributed by atoms with Gasteiger partial charge < -0.3 is 5.11 Å². The average Bonchev–Trinajstić information content (AvgIpc) is 2.86. The highest BCUT2D eigenvalue weighted by atomic mass is 79.9. The maximum Gasteiger partial charge on any atom is 0.319 e. The van der Waals surface area contributed by atoms with Crippen molar-refractivity contribution in [2.75, 3.05) is 0 Å². The van der Waals surface area contributed by atoms with Gasteiger partial charge in [-0.25, -0.2) is 4.98 Å². The van der Waals surface area contributed by atoms with Crippen LogP contribution in [0.1, 0.15) is 13.8 Å². The zero-order chi connectivity index (χ0) is 16.6. The largest absolute Gasteiger partial charge is 0.480 e. The van der Waals surface area contributed by atoms with Crippen LogP contribution in [0.5, 0.6) is 0 Å². The number of thioether (sulfide) groups is 1. The van der Waals surface area contributed by atoms with Crippen molar-refractivity contribution < 1.29 is 9.90 Å². The van der Waals surface area contributed by atoms with E-state index in [4.69, 9.17) is 0 Å². The summed E-state index contributed by atoms with van der Waals surface area (Å²) in [6.07, 6.45) is 1.70. The van der Waals surface area contributed by atoms with Crippen LogP contribution in [0.3, 0.4) is 0 Å². The predicted molar refractivity (Wildman–Crippen MR) is 96.3 cm³/mol. The summed E-state index contributed by atoms with van der Waals surface area (Å²) in [5.74, 6) is -0.869. The minimum absolute atomic E-state index is 0.639. The number of carboxylic acids is 1. The van der Waals surface area contributed by atoms with Crippen molar-refractivity contribution in [3.63, 3.8) is 0 Å². The van der Waals surface area contributed by atoms with Gasteiger partial charge in [-0.1, -0.05) is 48.2 Å². The van der Waals surface area contributed by atoms with E-state index >= 15 is 0 Å². The lowest BCUT2D eigenvalue weighted by atomic mass is 10.1. The van der Waals surface area contributed by atoms with Crippen LogP contribution in [0.15, 0.2) is 58.4 Å². The summed E-state index contributed by atoms with van der Waals surface area (Å²) in [5.41, 5.74) is 0.969. The fourth-order valence-corrected chi connectivity index (χ4v) is 3.80. The molecule has 0 atom stereocenters. The standard InChI is InChI=1S/C17H15BrN2O2S/c1-17(2,15(21)22)23-16-19-10-14(18)20(16)13-9-5-7-11-6-3-4-8-12(11)13/h3-10H,1-2H3,(H,21,22). The molecule has 0 aliphatic rings. The van der Waals surface area contributed by atoms with E-state index in [0.717, 1.165) is 21.1 Å². The van der Waals surface area contributed by atoms with E-state index in [1.807, 2.05) is 34.9 Å². The molecule has 0 fully saturated rings. The number of aromatic nitrogens is 2. The maximum absolute atomic E-state index is 11.4. The molecule has 23 heavy (non-hydrogen) atoms. The van der Waals surface area contributed by atoms with Crippen LogP contribution >= 0.6 is 27.7 Å². The quantitative estimate of drug-likeness (QED) is 0.653. The Hall–Kier alpha value is -1.79. The second-order valence-corrected chi connectivity index (χ2v) is 8.02. The molecule has 1 aromatic heterocycles. The summed E-state index contributed by atoms with van der Waals surface area (Å²) in [4.78, 5) is 15.8. The zero-order valence-electron chi connectivity index (χ0n) is 12.7. The number of benzene rings is 2. The molecule has 118 valence electrons. The van der Waals surface area contributed by atoms with Gasteiger partial charge in [-0.15, -0.1) is 0 Å². The first kappa shape index (κ1) is 16.1. The summed E-state index contributed by atoms with van der Waals surface area (Å²) in [6, 6.07) is 14.1. The summed E-state index contributed by atoms with van der Waals surface area (Å²) in [5, 5.41) is 12.2. The van der Waals surface area contributed by atoms with E-state index in [1.54, 1.807) is 20.0 Å². The number of nitrogens with zero attached hydrogens (tertiary/aromatic N) is 2. The minimum Gasteiger partial charge on any atom is -0.480 e. The minimum atomic E-state index is -0.965. The molecular formula is C17H15BrN2O2S. The van der Waals surface area contributed by atoms with Crippen molar-refractivity contribution in [3.05, 3.63) is 53.3 Å². The summed E-state index contributed by atoms with van der Waals surface area (Å²) in [7, 11) is 0. The van der Waals surface area contributed by atoms with E-state index in [0.29, 0.717) is 5.16 Å². The van der Waals surface area contributed by atoms with Gasteiger partial charge in [0.25, 0.3) is 0 Å². The lowest BCUT2D eigenvalue weighted by molar-refractivity contribution is -0.138. The predicted octanol–water partition coefficient (Wildman–Crippen LogP) is 4.74. The second-order valence-electron chi connectivity index (χ2n) is 5.61. The number of halogens is 1. The fourth-order valence-electron chi connectivity index (χ4n) is 2.28. The van der Waals surface area contributed by atoms with Gasteiger partial charge in [0.15, 0.2) is 5.16 Å². The van der Waals surface area contributed by atoms with Crippen molar-refractivity contribution in [1.82, 2.24) is 9.55 Å². The molecule has 0 radical (unpaired) electrons. The van der Waals surface area contributed by atoms with Gasteiger partial charge in [0.05, 0.1) is 11.9 Å². The summed E-state index contributed by atoms with van der Waals surface area (Å²) < 4.78 is 1.77. The van der Waals surface area contributed by atoms with Gasteiger partial charge >= 0.3 is 5.97 Å². The SMILES string of the molecule is CC(C)(Sc1ncc(Br)n1-c1cccc2ccccc12)C(=O)O. The molecule has 2 aromatic carbocycles. The number of rotatable bonds is 4. The molecule has 0 amide bonds. The molecule has 0 saturated carbocycles. The van der Waals surface area contributed by atoms with Crippen LogP contribution in [0.2, 0.25) is 0 Å². The van der Waals surface area contributed by atoms with Crippen LogP contribution in [0, 0.1) is 0 Å². The average molecular weight is 391 g/mol. The molecule has 0 spiro atoms. The van der Waals surface area contributed by atoms with Crippen molar-refractivity contribution >= 4 is 44.4 Å². The zero-order valence-corrected chi connectivity index (χ0v) is 15.1. The van der Waals surface area contributed by atoms with Gasteiger partial charge in [0.2, 0.25) is 0 Å². The smallest absolute Gasteiger partial charge is 0.319 e. The summed E-state index contributed by atoms with van der Waals surface area (Å²) in [6.45, 7) is 3.35. The van der Waals surface area contributed by atoms with Crippen molar-refractivity contribution in [1.29, 1.82) is 0 Å². The molecule has 3 aromatic rings. The van der Waals surface area contributed by atoms with Crippen molar-refractivity contribution in [2.24, 2.45) is 0 Å². The fraction of sp³-hybridized carbons (Fsp3) is 0.176. The van der Waals surface area contributed by atoms with E-state index < -0.39 is 10.7 Å². The molecule has 0 unspecified atom stereocenters. The molecule has 1 N–H and O–H groups in total. The summed E-state index contributed by atoms with van der Waals surface area (Å²) >= 11 is 4.75. The monoisotopic (exact) mass is 390 g/mol. The number of imidazole rings is 1. The Morgan fingerprint density at radius 1 is 1.22 bits per heavy atom. The lowest BCUT2D eigenvalue weighted by Crippen LogP contribution is -2.27. The molecule has 0 aliphatic carbocycles. The van der Waals surface area contributed by atoms with Crippen molar-refractivity contribution in [2.45, 2.75) is 23.8 Å². The Morgan fingerprint density at radius 2 is 1.91 bits per heavy atom. The van der Waals surface area contributed by atoms with Gasteiger partial charge in [0, 0.05) is 5.39 Å². The first-order valence-electron chi connectivity index (χ1n) is 7.04. The van der Waals surface area contributed by atoms with Gasteiger partial charge in [-0.3, -0.25) is 9.36 Å². The third kappa shape index (κ3) is 3.01. The highest BCUT2D eigenvalue weighted by molar-refractivity contribution is 9.10. The van der Waals surface area contributed by atoms with Crippen LogP contribution < -0.4 is 0 Å². The molecule has 1 heterocycles. The molecule has 0 aliphatic heterocycles. The molecule has 0 bridgehead atoms. The number of carboxylic acid groups (broad SMARTS) is 1. The molecule has 4 nitrogen and oxygen atoms in total. The van der Waals surface area contributed by atoms with E-state index in [2.05, 4.69) is 33.0 Å². The van der Waals surface area contributed by atoms with Gasteiger partial charge in [0.1, 0.15) is 9.35 Å². The topological polar surface area (TPSA) is 55.1 Å².